The van der Waals surface area contributed by atoms with Gasteiger partial charge in [-0.1, -0.05) is 15.9 Å². The van der Waals surface area contributed by atoms with Crippen molar-refractivity contribution in [3.8, 4) is 0 Å². The molecule has 1 amide bonds. The fourth-order valence-corrected chi connectivity index (χ4v) is 5.18. The maximum Gasteiger partial charge on any atom is 0.233 e. The number of halogens is 1. The molecule has 0 aromatic rings. The summed E-state index contributed by atoms with van der Waals surface area (Å²) in [6.45, 7) is 0. The van der Waals surface area contributed by atoms with Gasteiger partial charge in [0.25, 0.3) is 0 Å². The Morgan fingerprint density at radius 2 is 1.62 bits per heavy atom. The van der Waals surface area contributed by atoms with Crippen molar-refractivity contribution in [3.63, 3.8) is 0 Å². The Morgan fingerprint density at radius 3 is 2.06 bits per heavy atom. The molecule has 4 aliphatic carbocycles. The lowest BCUT2D eigenvalue weighted by Gasteiger charge is -2.56. The minimum atomic E-state index is 0.262. The van der Waals surface area contributed by atoms with E-state index in [1.54, 1.807) is 0 Å². The molecule has 0 N–H and O–H groups in total. The van der Waals surface area contributed by atoms with Crippen LogP contribution in [0.1, 0.15) is 32.1 Å². The summed E-state index contributed by atoms with van der Waals surface area (Å²) in [6, 6.07) is 0.554. The number of hydrogen-bond donors (Lipinski definition) is 0. The van der Waals surface area contributed by atoms with Crippen LogP contribution >= 0.6 is 15.9 Å². The first-order valence-electron chi connectivity index (χ1n) is 6.50. The van der Waals surface area contributed by atoms with Crippen LogP contribution < -0.4 is 0 Å². The van der Waals surface area contributed by atoms with Crippen molar-refractivity contribution in [1.29, 1.82) is 0 Å². The zero-order valence-corrected chi connectivity index (χ0v) is 11.4. The van der Waals surface area contributed by atoms with Crippen LogP contribution in [0.5, 0.6) is 0 Å². The lowest BCUT2D eigenvalue weighted by atomic mass is 9.54. The lowest BCUT2D eigenvalue weighted by Crippen LogP contribution is -2.56. The predicted octanol–water partition coefficient (Wildman–Crippen LogP) is 2.66. The SMILES string of the molecule is CN(C(=O)CBr)C1C2CC3CC(C2)CC1C3. The second-order valence-corrected chi connectivity index (χ2v) is 6.62. The van der Waals surface area contributed by atoms with E-state index in [1.165, 1.54) is 32.1 Å². The molecular formula is C13H20BrNO. The number of carbonyl (C=O) groups excluding carboxylic acids is 1. The molecule has 3 heteroatoms. The van der Waals surface area contributed by atoms with Crippen LogP contribution in [0, 0.1) is 23.7 Å². The van der Waals surface area contributed by atoms with Crippen LogP contribution in [-0.4, -0.2) is 29.2 Å². The molecule has 0 aromatic heterocycles. The average Bonchev–Trinajstić information content (AvgIpc) is 2.26. The van der Waals surface area contributed by atoms with E-state index >= 15 is 0 Å². The summed E-state index contributed by atoms with van der Waals surface area (Å²) in [5.41, 5.74) is 0. The molecule has 0 aliphatic heterocycles. The summed E-state index contributed by atoms with van der Waals surface area (Å²) >= 11 is 3.29. The average molecular weight is 286 g/mol. The maximum absolute atomic E-state index is 11.8. The van der Waals surface area contributed by atoms with Crippen molar-refractivity contribution in [1.82, 2.24) is 4.90 Å². The molecule has 0 heterocycles. The van der Waals surface area contributed by atoms with Crippen LogP contribution in [0.15, 0.2) is 0 Å². The van der Waals surface area contributed by atoms with E-state index in [-0.39, 0.29) is 5.91 Å². The molecule has 4 fully saturated rings. The standard InChI is InChI=1S/C13H20BrNO/c1-15(12(16)7-14)13-10-3-8-2-9(5-10)6-11(13)4-8/h8-11,13H,2-7H2,1H3. The van der Waals surface area contributed by atoms with Crippen LogP contribution in [0.2, 0.25) is 0 Å². The smallest absolute Gasteiger partial charge is 0.233 e. The normalized spacial score (nSPS) is 44.8. The Bertz CT molecular complexity index is 276. The van der Waals surface area contributed by atoms with Crippen molar-refractivity contribution >= 4 is 21.8 Å². The molecule has 4 bridgehead atoms. The van der Waals surface area contributed by atoms with Crippen molar-refractivity contribution in [2.75, 3.05) is 12.4 Å². The van der Waals surface area contributed by atoms with Gasteiger partial charge in [0.15, 0.2) is 0 Å². The van der Waals surface area contributed by atoms with E-state index in [1.807, 2.05) is 11.9 Å². The molecule has 0 saturated heterocycles. The van der Waals surface area contributed by atoms with Gasteiger partial charge in [0.2, 0.25) is 5.91 Å². The zero-order valence-electron chi connectivity index (χ0n) is 9.86. The van der Waals surface area contributed by atoms with E-state index in [4.69, 9.17) is 0 Å². The fraction of sp³-hybridized carbons (Fsp3) is 0.923. The second-order valence-electron chi connectivity index (χ2n) is 6.06. The van der Waals surface area contributed by atoms with E-state index in [0.717, 1.165) is 23.7 Å². The molecule has 90 valence electrons. The molecule has 0 radical (unpaired) electrons. The van der Waals surface area contributed by atoms with Gasteiger partial charge in [-0.2, -0.15) is 0 Å². The van der Waals surface area contributed by atoms with Crippen LogP contribution in [-0.2, 0) is 4.79 Å². The Morgan fingerprint density at radius 1 is 1.12 bits per heavy atom. The second kappa shape index (κ2) is 4.01. The molecule has 0 spiro atoms. The van der Waals surface area contributed by atoms with Gasteiger partial charge in [-0.05, 0) is 55.8 Å². The van der Waals surface area contributed by atoms with Gasteiger partial charge in [0.05, 0.1) is 5.33 Å². The summed E-state index contributed by atoms with van der Waals surface area (Å²) in [5, 5.41) is 0.478. The van der Waals surface area contributed by atoms with Gasteiger partial charge < -0.3 is 4.90 Å². The predicted molar refractivity (Wildman–Crippen MR) is 67.4 cm³/mol. The van der Waals surface area contributed by atoms with Crippen molar-refractivity contribution < 1.29 is 4.79 Å². The number of hydrogen-bond acceptors (Lipinski definition) is 1. The molecule has 4 saturated carbocycles. The van der Waals surface area contributed by atoms with E-state index < -0.39 is 0 Å². The largest absolute Gasteiger partial charge is 0.341 e. The Labute approximate surface area is 106 Å². The van der Waals surface area contributed by atoms with Crippen molar-refractivity contribution in [2.45, 2.75) is 38.1 Å². The fourth-order valence-electron chi connectivity index (χ4n) is 4.79. The topological polar surface area (TPSA) is 20.3 Å². The summed E-state index contributed by atoms with van der Waals surface area (Å²) in [5.74, 6) is 3.86. The minimum absolute atomic E-state index is 0.262. The molecule has 0 aromatic carbocycles. The van der Waals surface area contributed by atoms with Crippen LogP contribution in [0.25, 0.3) is 0 Å². The summed E-state index contributed by atoms with van der Waals surface area (Å²) in [7, 11) is 2.01. The number of amides is 1. The Hall–Kier alpha value is -0.0500. The highest BCUT2D eigenvalue weighted by Gasteiger charge is 2.50. The van der Waals surface area contributed by atoms with Crippen LogP contribution in [0.3, 0.4) is 0 Å². The van der Waals surface area contributed by atoms with E-state index in [0.29, 0.717) is 11.4 Å². The molecule has 0 atom stereocenters. The molecule has 0 unspecified atom stereocenters. The van der Waals surface area contributed by atoms with Crippen LogP contribution in [0.4, 0.5) is 0 Å². The van der Waals surface area contributed by atoms with Gasteiger partial charge in [0, 0.05) is 13.1 Å². The number of carbonyl (C=O) groups is 1. The number of alkyl halides is 1. The van der Waals surface area contributed by atoms with Crippen molar-refractivity contribution in [3.05, 3.63) is 0 Å². The minimum Gasteiger partial charge on any atom is -0.341 e. The summed E-state index contributed by atoms with van der Waals surface area (Å²) in [4.78, 5) is 13.9. The molecular weight excluding hydrogens is 266 g/mol. The van der Waals surface area contributed by atoms with E-state index in [2.05, 4.69) is 15.9 Å². The Balaban J connectivity index is 1.78. The quantitative estimate of drug-likeness (QED) is 0.715. The molecule has 4 rings (SSSR count). The Kier molecular flexibility index (Phi) is 2.77. The summed E-state index contributed by atoms with van der Waals surface area (Å²) < 4.78 is 0. The van der Waals surface area contributed by atoms with E-state index in [9.17, 15) is 4.79 Å². The molecule has 4 aliphatic rings. The third-order valence-corrected chi connectivity index (χ3v) is 5.61. The number of rotatable bonds is 2. The first-order valence-corrected chi connectivity index (χ1v) is 7.62. The van der Waals surface area contributed by atoms with Crippen molar-refractivity contribution in [2.24, 2.45) is 23.7 Å². The highest BCUT2D eigenvalue weighted by atomic mass is 79.9. The van der Waals surface area contributed by atoms with Gasteiger partial charge in [-0.15, -0.1) is 0 Å². The molecule has 2 nitrogen and oxygen atoms in total. The third kappa shape index (κ3) is 1.62. The highest BCUT2D eigenvalue weighted by molar-refractivity contribution is 9.09. The third-order valence-electron chi connectivity index (χ3n) is 5.13. The van der Waals surface area contributed by atoms with Gasteiger partial charge in [0.1, 0.15) is 0 Å². The number of nitrogens with zero attached hydrogens (tertiary/aromatic N) is 1. The lowest BCUT2D eigenvalue weighted by molar-refractivity contribution is -0.138. The monoisotopic (exact) mass is 285 g/mol. The zero-order chi connectivity index (χ0) is 11.3. The van der Waals surface area contributed by atoms with Gasteiger partial charge >= 0.3 is 0 Å². The van der Waals surface area contributed by atoms with Gasteiger partial charge in [-0.3, -0.25) is 4.79 Å². The first kappa shape index (κ1) is 11.1. The summed E-state index contributed by atoms with van der Waals surface area (Å²) in [6.07, 6.45) is 7.03. The highest BCUT2D eigenvalue weighted by Crippen LogP contribution is 2.54. The van der Waals surface area contributed by atoms with Gasteiger partial charge in [-0.25, -0.2) is 0 Å². The molecule has 16 heavy (non-hydrogen) atoms. The first-order chi connectivity index (χ1) is 7.69. The maximum atomic E-state index is 11.8.